The number of anilines is 3. The van der Waals surface area contributed by atoms with Gasteiger partial charge in [0.25, 0.3) is 0 Å². The Labute approximate surface area is 141 Å². The van der Waals surface area contributed by atoms with Crippen molar-refractivity contribution in [3.8, 4) is 0 Å². The molecule has 1 fully saturated rings. The second-order valence-corrected chi connectivity index (χ2v) is 6.25. The van der Waals surface area contributed by atoms with E-state index in [0.717, 1.165) is 22.4 Å². The minimum atomic E-state index is 0.505. The quantitative estimate of drug-likeness (QED) is 0.740. The molecule has 4 rings (SSSR count). The lowest BCUT2D eigenvalue weighted by Gasteiger charge is -2.24. The molecule has 0 saturated heterocycles. The Morgan fingerprint density at radius 3 is 2.50 bits per heavy atom. The van der Waals surface area contributed by atoms with Crippen LogP contribution >= 0.6 is 0 Å². The van der Waals surface area contributed by atoms with E-state index in [1.54, 1.807) is 12.4 Å². The number of aromatic nitrogens is 3. The summed E-state index contributed by atoms with van der Waals surface area (Å²) in [6.45, 7) is 0. The lowest BCUT2D eigenvalue weighted by Crippen LogP contribution is -2.23. The van der Waals surface area contributed by atoms with Gasteiger partial charge in [0.05, 0.1) is 5.52 Å². The SMILES string of the molecule is c1ccc2c(NC3CCCCC3)nc(Nc3ccncc3)nc2c1. The largest absolute Gasteiger partial charge is 0.367 e. The van der Waals surface area contributed by atoms with E-state index >= 15 is 0 Å². The van der Waals surface area contributed by atoms with Gasteiger partial charge in [0.2, 0.25) is 5.95 Å². The van der Waals surface area contributed by atoms with E-state index in [2.05, 4.69) is 26.7 Å². The molecule has 0 amide bonds. The van der Waals surface area contributed by atoms with Crippen molar-refractivity contribution in [1.29, 1.82) is 0 Å². The molecule has 0 unspecified atom stereocenters. The van der Waals surface area contributed by atoms with Crippen LogP contribution in [-0.4, -0.2) is 21.0 Å². The van der Waals surface area contributed by atoms with Crippen LogP contribution in [0.1, 0.15) is 32.1 Å². The highest BCUT2D eigenvalue weighted by molar-refractivity contribution is 5.90. The molecule has 3 aromatic rings. The Kier molecular flexibility index (Phi) is 4.23. The van der Waals surface area contributed by atoms with E-state index in [4.69, 9.17) is 4.98 Å². The normalized spacial score (nSPS) is 15.3. The van der Waals surface area contributed by atoms with E-state index in [9.17, 15) is 0 Å². The van der Waals surface area contributed by atoms with Crippen LogP contribution in [0, 0.1) is 0 Å². The number of pyridine rings is 1. The van der Waals surface area contributed by atoms with E-state index in [-0.39, 0.29) is 0 Å². The van der Waals surface area contributed by atoms with Crippen LogP contribution in [0.4, 0.5) is 17.5 Å². The average molecular weight is 319 g/mol. The van der Waals surface area contributed by atoms with Crippen LogP contribution in [-0.2, 0) is 0 Å². The van der Waals surface area contributed by atoms with Gasteiger partial charge in [0, 0.05) is 29.5 Å². The fraction of sp³-hybridized carbons (Fsp3) is 0.316. The van der Waals surface area contributed by atoms with Gasteiger partial charge in [-0.3, -0.25) is 4.98 Å². The highest BCUT2D eigenvalue weighted by Crippen LogP contribution is 2.27. The van der Waals surface area contributed by atoms with E-state index in [1.165, 1.54) is 32.1 Å². The third kappa shape index (κ3) is 3.30. The predicted molar refractivity (Wildman–Crippen MR) is 97.6 cm³/mol. The van der Waals surface area contributed by atoms with Crippen molar-refractivity contribution in [2.24, 2.45) is 0 Å². The minimum absolute atomic E-state index is 0.505. The van der Waals surface area contributed by atoms with Gasteiger partial charge < -0.3 is 10.6 Å². The molecule has 2 heterocycles. The molecule has 2 N–H and O–H groups in total. The van der Waals surface area contributed by atoms with Crippen molar-refractivity contribution in [3.63, 3.8) is 0 Å². The molecular weight excluding hydrogens is 298 g/mol. The molecule has 0 bridgehead atoms. The maximum absolute atomic E-state index is 4.74. The van der Waals surface area contributed by atoms with Gasteiger partial charge in [0.15, 0.2) is 0 Å². The summed E-state index contributed by atoms with van der Waals surface area (Å²) in [4.78, 5) is 13.4. The van der Waals surface area contributed by atoms with Gasteiger partial charge in [-0.25, -0.2) is 4.98 Å². The van der Waals surface area contributed by atoms with Gasteiger partial charge in [-0.05, 0) is 37.1 Å². The molecule has 1 aliphatic rings. The number of hydrogen-bond acceptors (Lipinski definition) is 5. The van der Waals surface area contributed by atoms with E-state index in [1.807, 2.05) is 30.3 Å². The van der Waals surface area contributed by atoms with Crippen molar-refractivity contribution in [2.45, 2.75) is 38.1 Å². The first-order chi connectivity index (χ1) is 11.9. The van der Waals surface area contributed by atoms with Crippen LogP contribution in [0.2, 0.25) is 0 Å². The van der Waals surface area contributed by atoms with Crippen LogP contribution in [0.3, 0.4) is 0 Å². The number of hydrogen-bond donors (Lipinski definition) is 2. The molecule has 2 aromatic heterocycles. The third-order valence-electron chi connectivity index (χ3n) is 4.49. The van der Waals surface area contributed by atoms with Gasteiger partial charge in [-0.2, -0.15) is 4.98 Å². The zero-order valence-electron chi connectivity index (χ0n) is 13.6. The molecular formula is C19H21N5. The van der Waals surface area contributed by atoms with E-state index < -0.39 is 0 Å². The number of nitrogens with one attached hydrogen (secondary N) is 2. The maximum Gasteiger partial charge on any atom is 0.229 e. The summed E-state index contributed by atoms with van der Waals surface area (Å²) in [5, 5.41) is 7.99. The van der Waals surface area contributed by atoms with Crippen molar-refractivity contribution < 1.29 is 0 Å². The van der Waals surface area contributed by atoms with Crippen molar-refractivity contribution >= 4 is 28.4 Å². The van der Waals surface area contributed by atoms with Gasteiger partial charge in [-0.1, -0.05) is 31.4 Å². The summed E-state index contributed by atoms with van der Waals surface area (Å²) >= 11 is 0. The lowest BCUT2D eigenvalue weighted by molar-refractivity contribution is 0.462. The molecule has 1 aromatic carbocycles. The standard InChI is InChI=1S/C19H21N5/c1-2-6-14(7-3-1)21-18-16-8-4-5-9-17(16)23-19(24-18)22-15-10-12-20-13-11-15/h4-5,8-14H,1-3,6-7H2,(H2,20,21,22,23,24). The summed E-state index contributed by atoms with van der Waals surface area (Å²) in [5.74, 6) is 1.53. The molecule has 0 radical (unpaired) electrons. The summed E-state index contributed by atoms with van der Waals surface area (Å²) in [6, 6.07) is 12.5. The maximum atomic E-state index is 4.74. The monoisotopic (exact) mass is 319 g/mol. The van der Waals surface area contributed by atoms with Crippen molar-refractivity contribution in [2.75, 3.05) is 10.6 Å². The Bertz CT molecular complexity index is 812. The molecule has 1 aliphatic carbocycles. The number of rotatable bonds is 4. The smallest absolute Gasteiger partial charge is 0.229 e. The zero-order valence-corrected chi connectivity index (χ0v) is 13.6. The molecule has 5 heteroatoms. The van der Waals surface area contributed by atoms with Crippen LogP contribution in [0.15, 0.2) is 48.8 Å². The summed E-state index contributed by atoms with van der Waals surface area (Å²) in [6.07, 6.45) is 9.87. The number of fused-ring (bicyclic) bond motifs is 1. The fourth-order valence-corrected chi connectivity index (χ4v) is 3.25. The van der Waals surface area contributed by atoms with Crippen LogP contribution in [0.5, 0.6) is 0 Å². The summed E-state index contributed by atoms with van der Waals surface area (Å²) < 4.78 is 0. The third-order valence-corrected chi connectivity index (χ3v) is 4.49. The second kappa shape index (κ2) is 6.83. The van der Waals surface area contributed by atoms with Crippen molar-refractivity contribution in [1.82, 2.24) is 15.0 Å². The Balaban J connectivity index is 1.67. The van der Waals surface area contributed by atoms with E-state index in [0.29, 0.717) is 12.0 Å². The fourth-order valence-electron chi connectivity index (χ4n) is 3.25. The highest BCUT2D eigenvalue weighted by Gasteiger charge is 2.16. The number of nitrogens with zero attached hydrogens (tertiary/aromatic N) is 3. The second-order valence-electron chi connectivity index (χ2n) is 6.25. The first-order valence-electron chi connectivity index (χ1n) is 8.59. The molecule has 5 nitrogen and oxygen atoms in total. The van der Waals surface area contributed by atoms with Crippen LogP contribution < -0.4 is 10.6 Å². The minimum Gasteiger partial charge on any atom is -0.367 e. The first kappa shape index (κ1) is 14.9. The van der Waals surface area contributed by atoms with Crippen molar-refractivity contribution in [3.05, 3.63) is 48.8 Å². The topological polar surface area (TPSA) is 62.7 Å². The predicted octanol–water partition coefficient (Wildman–Crippen LogP) is 4.51. The molecule has 0 aliphatic heterocycles. The summed E-state index contributed by atoms with van der Waals surface area (Å²) in [7, 11) is 0. The van der Waals surface area contributed by atoms with Gasteiger partial charge >= 0.3 is 0 Å². The van der Waals surface area contributed by atoms with Gasteiger partial charge in [-0.15, -0.1) is 0 Å². The number of para-hydroxylation sites is 1. The Morgan fingerprint density at radius 2 is 1.67 bits per heavy atom. The highest BCUT2D eigenvalue weighted by atomic mass is 15.2. The molecule has 0 atom stereocenters. The average Bonchev–Trinajstić information content (AvgIpc) is 2.63. The van der Waals surface area contributed by atoms with Gasteiger partial charge in [0.1, 0.15) is 5.82 Å². The molecule has 0 spiro atoms. The van der Waals surface area contributed by atoms with Crippen LogP contribution in [0.25, 0.3) is 10.9 Å². The number of benzene rings is 1. The molecule has 1 saturated carbocycles. The Morgan fingerprint density at radius 1 is 0.875 bits per heavy atom. The summed E-state index contributed by atoms with van der Waals surface area (Å²) in [5.41, 5.74) is 1.88. The lowest BCUT2D eigenvalue weighted by atomic mass is 9.95. The first-order valence-corrected chi connectivity index (χ1v) is 8.59. The zero-order chi connectivity index (χ0) is 16.2. The molecule has 24 heavy (non-hydrogen) atoms. The Hall–Kier alpha value is -2.69. The molecule has 122 valence electrons.